The number of amides is 1. The Morgan fingerprint density at radius 1 is 1.42 bits per heavy atom. The monoisotopic (exact) mass is 333 g/mol. The van der Waals surface area contributed by atoms with Crippen molar-refractivity contribution in [3.63, 3.8) is 0 Å². The first-order chi connectivity index (χ1) is 11.5. The first-order valence-corrected chi connectivity index (χ1v) is 8.45. The van der Waals surface area contributed by atoms with E-state index in [0.717, 1.165) is 19.4 Å². The molecule has 0 aromatic heterocycles. The number of benzene rings is 1. The number of hydrogen-bond acceptors (Lipinski definition) is 5. The van der Waals surface area contributed by atoms with Gasteiger partial charge in [-0.05, 0) is 31.4 Å². The van der Waals surface area contributed by atoms with Crippen LogP contribution in [-0.2, 0) is 9.53 Å². The number of nitrogens with zero attached hydrogens (tertiary/aromatic N) is 2. The van der Waals surface area contributed by atoms with Gasteiger partial charge in [-0.25, -0.2) is 0 Å². The first-order valence-electron chi connectivity index (χ1n) is 8.45. The molecule has 7 heteroatoms. The maximum atomic E-state index is 12.4. The first kappa shape index (κ1) is 16.9. The molecule has 2 unspecified atom stereocenters. The van der Waals surface area contributed by atoms with E-state index in [9.17, 15) is 14.9 Å². The number of rotatable bonds is 4. The summed E-state index contributed by atoms with van der Waals surface area (Å²) in [5.74, 6) is -0.0850. The minimum absolute atomic E-state index is 0.0312. The van der Waals surface area contributed by atoms with Crippen LogP contribution in [0.1, 0.15) is 31.2 Å². The van der Waals surface area contributed by atoms with Gasteiger partial charge in [0, 0.05) is 30.4 Å². The van der Waals surface area contributed by atoms with Crippen molar-refractivity contribution >= 4 is 17.3 Å². The van der Waals surface area contributed by atoms with Crippen LogP contribution in [0.15, 0.2) is 18.2 Å². The number of hydrogen-bond donors (Lipinski definition) is 1. The standard InChI is InChI=1S/C17H23N3O4/c1-12-10-13(20(22)23)6-7-14(12)18-17(21)11-19-8-9-24-16-5-3-2-4-15(16)19/h6-7,10,15-16H,2-5,8-9,11H2,1H3,(H,18,21). The Kier molecular flexibility index (Phi) is 5.11. The number of carbonyl (C=O) groups is 1. The molecule has 1 N–H and O–H groups in total. The topological polar surface area (TPSA) is 84.7 Å². The summed E-state index contributed by atoms with van der Waals surface area (Å²) in [6.07, 6.45) is 4.79. The van der Waals surface area contributed by atoms with Gasteiger partial charge in [0.2, 0.25) is 5.91 Å². The number of anilines is 1. The fourth-order valence-corrected chi connectivity index (χ4v) is 3.65. The minimum Gasteiger partial charge on any atom is -0.375 e. The van der Waals surface area contributed by atoms with Gasteiger partial charge in [-0.2, -0.15) is 0 Å². The van der Waals surface area contributed by atoms with Gasteiger partial charge in [0.15, 0.2) is 0 Å². The molecule has 1 aromatic carbocycles. The molecule has 0 radical (unpaired) electrons. The van der Waals surface area contributed by atoms with Gasteiger partial charge in [-0.15, -0.1) is 0 Å². The number of ether oxygens (including phenoxy) is 1. The van der Waals surface area contributed by atoms with Crippen LogP contribution in [0.5, 0.6) is 0 Å². The van der Waals surface area contributed by atoms with E-state index in [2.05, 4.69) is 10.2 Å². The summed E-state index contributed by atoms with van der Waals surface area (Å²) < 4.78 is 5.83. The molecule has 130 valence electrons. The number of nitrogens with one attached hydrogen (secondary N) is 1. The van der Waals surface area contributed by atoms with E-state index in [1.54, 1.807) is 13.0 Å². The van der Waals surface area contributed by atoms with Crippen LogP contribution in [0.25, 0.3) is 0 Å². The lowest BCUT2D eigenvalue weighted by atomic mass is 9.90. The highest BCUT2D eigenvalue weighted by Gasteiger charge is 2.34. The highest BCUT2D eigenvalue weighted by molar-refractivity contribution is 5.93. The van der Waals surface area contributed by atoms with E-state index in [1.807, 2.05) is 0 Å². The molecule has 1 saturated heterocycles. The number of nitro groups is 1. The maximum absolute atomic E-state index is 12.4. The van der Waals surface area contributed by atoms with Crippen LogP contribution in [0.3, 0.4) is 0 Å². The van der Waals surface area contributed by atoms with E-state index in [1.165, 1.54) is 25.0 Å². The Bertz CT molecular complexity index is 632. The third-order valence-electron chi connectivity index (χ3n) is 4.89. The molecule has 3 rings (SSSR count). The third-order valence-corrected chi connectivity index (χ3v) is 4.89. The molecule has 2 fully saturated rings. The summed E-state index contributed by atoms with van der Waals surface area (Å²) in [4.78, 5) is 25.0. The molecule has 1 saturated carbocycles. The fourth-order valence-electron chi connectivity index (χ4n) is 3.65. The van der Waals surface area contributed by atoms with Gasteiger partial charge in [-0.3, -0.25) is 19.8 Å². The van der Waals surface area contributed by atoms with Gasteiger partial charge in [-0.1, -0.05) is 12.8 Å². The molecule has 0 spiro atoms. The lowest BCUT2D eigenvalue weighted by Gasteiger charge is -2.43. The van der Waals surface area contributed by atoms with Crippen molar-refractivity contribution in [2.45, 2.75) is 44.8 Å². The normalized spacial score (nSPS) is 24.2. The Hall–Kier alpha value is -1.99. The number of aryl methyl sites for hydroxylation is 1. The quantitative estimate of drug-likeness (QED) is 0.676. The molecule has 0 bridgehead atoms. The van der Waals surface area contributed by atoms with Crippen molar-refractivity contribution in [2.75, 3.05) is 25.0 Å². The average molecular weight is 333 g/mol. The zero-order valence-electron chi connectivity index (χ0n) is 13.9. The van der Waals surface area contributed by atoms with Crippen molar-refractivity contribution in [1.82, 2.24) is 4.90 Å². The molecule has 1 amide bonds. The van der Waals surface area contributed by atoms with Crippen LogP contribution in [0.4, 0.5) is 11.4 Å². The smallest absolute Gasteiger partial charge is 0.269 e. The zero-order valence-corrected chi connectivity index (χ0v) is 13.9. The molecular formula is C17H23N3O4. The van der Waals surface area contributed by atoms with Gasteiger partial charge in [0.25, 0.3) is 5.69 Å². The minimum atomic E-state index is -0.435. The second-order valence-corrected chi connectivity index (χ2v) is 6.54. The summed E-state index contributed by atoms with van der Waals surface area (Å²) in [5, 5.41) is 13.7. The Labute approximate surface area is 141 Å². The predicted octanol–water partition coefficient (Wildman–Crippen LogP) is 2.49. The van der Waals surface area contributed by atoms with Gasteiger partial charge in [0.05, 0.1) is 24.2 Å². The molecular weight excluding hydrogens is 310 g/mol. The second-order valence-electron chi connectivity index (χ2n) is 6.54. The van der Waals surface area contributed by atoms with Crippen molar-refractivity contribution < 1.29 is 14.5 Å². The van der Waals surface area contributed by atoms with E-state index in [-0.39, 0.29) is 17.7 Å². The van der Waals surface area contributed by atoms with E-state index in [0.29, 0.717) is 30.4 Å². The van der Waals surface area contributed by atoms with Crippen LogP contribution in [0.2, 0.25) is 0 Å². The molecule has 2 atom stereocenters. The molecule has 2 aliphatic rings. The van der Waals surface area contributed by atoms with Gasteiger partial charge < -0.3 is 10.1 Å². The van der Waals surface area contributed by atoms with Crippen LogP contribution >= 0.6 is 0 Å². The summed E-state index contributed by atoms with van der Waals surface area (Å²) in [6, 6.07) is 4.81. The number of carbonyl (C=O) groups excluding carboxylic acids is 1. The number of non-ortho nitro benzene ring substituents is 1. The molecule has 24 heavy (non-hydrogen) atoms. The molecule has 1 aliphatic heterocycles. The molecule has 1 aliphatic carbocycles. The highest BCUT2D eigenvalue weighted by Crippen LogP contribution is 2.28. The Balaban J connectivity index is 1.62. The summed E-state index contributed by atoms with van der Waals surface area (Å²) in [7, 11) is 0. The molecule has 7 nitrogen and oxygen atoms in total. The van der Waals surface area contributed by atoms with Crippen LogP contribution in [0, 0.1) is 17.0 Å². The average Bonchev–Trinajstić information content (AvgIpc) is 2.57. The van der Waals surface area contributed by atoms with Gasteiger partial charge >= 0.3 is 0 Å². The van der Waals surface area contributed by atoms with E-state index >= 15 is 0 Å². The fraction of sp³-hybridized carbons (Fsp3) is 0.588. The van der Waals surface area contributed by atoms with E-state index in [4.69, 9.17) is 4.74 Å². The lowest BCUT2D eigenvalue weighted by molar-refractivity contribution is -0.384. The van der Waals surface area contributed by atoms with Crippen LogP contribution < -0.4 is 5.32 Å². The van der Waals surface area contributed by atoms with Crippen molar-refractivity contribution in [3.05, 3.63) is 33.9 Å². The lowest BCUT2D eigenvalue weighted by Crippen LogP contribution is -2.54. The number of morpholine rings is 1. The number of fused-ring (bicyclic) bond motifs is 1. The Morgan fingerprint density at radius 3 is 2.96 bits per heavy atom. The maximum Gasteiger partial charge on any atom is 0.269 e. The summed E-state index contributed by atoms with van der Waals surface area (Å²) >= 11 is 0. The summed E-state index contributed by atoms with van der Waals surface area (Å²) in [6.45, 7) is 3.54. The van der Waals surface area contributed by atoms with Crippen molar-refractivity contribution in [3.8, 4) is 0 Å². The van der Waals surface area contributed by atoms with Gasteiger partial charge in [0.1, 0.15) is 0 Å². The Morgan fingerprint density at radius 2 is 2.21 bits per heavy atom. The largest absolute Gasteiger partial charge is 0.375 e. The zero-order chi connectivity index (χ0) is 17.1. The highest BCUT2D eigenvalue weighted by atomic mass is 16.6. The second kappa shape index (κ2) is 7.27. The summed E-state index contributed by atoms with van der Waals surface area (Å²) in [5.41, 5.74) is 1.35. The van der Waals surface area contributed by atoms with Crippen molar-refractivity contribution in [2.24, 2.45) is 0 Å². The molecule has 1 heterocycles. The SMILES string of the molecule is Cc1cc([N+](=O)[O-])ccc1NC(=O)CN1CCOC2CCCCC21. The van der Waals surface area contributed by atoms with Crippen molar-refractivity contribution in [1.29, 1.82) is 0 Å². The van der Waals surface area contributed by atoms with E-state index < -0.39 is 4.92 Å². The van der Waals surface area contributed by atoms with Crippen LogP contribution in [-0.4, -0.2) is 47.6 Å². The predicted molar refractivity (Wildman–Crippen MR) is 90.0 cm³/mol. The molecule has 1 aromatic rings. The number of nitro benzene ring substituents is 1. The third kappa shape index (κ3) is 3.73.